The number of amides is 1. The van der Waals surface area contributed by atoms with Crippen LogP contribution in [0.25, 0.3) is 22.6 Å². The molecule has 3 N–H and O–H groups in total. The topological polar surface area (TPSA) is 109 Å². The van der Waals surface area contributed by atoms with Gasteiger partial charge in [0, 0.05) is 52.6 Å². The number of H-pyrrole nitrogens is 1. The number of nitrogens with one attached hydrogen (secondary N) is 3. The molecule has 0 aliphatic rings. The minimum atomic E-state index is -0.824. The zero-order valence-electron chi connectivity index (χ0n) is 23.3. The fourth-order valence-electron chi connectivity index (χ4n) is 4.51. The summed E-state index contributed by atoms with van der Waals surface area (Å²) in [6.45, 7) is 1.89. The van der Waals surface area contributed by atoms with Crippen molar-refractivity contribution in [1.82, 2.24) is 9.55 Å². The summed E-state index contributed by atoms with van der Waals surface area (Å²) in [4.78, 5) is 30.5. The van der Waals surface area contributed by atoms with Gasteiger partial charge >= 0.3 is 0 Å². The summed E-state index contributed by atoms with van der Waals surface area (Å²) in [5.74, 6) is -2.03. The van der Waals surface area contributed by atoms with Crippen LogP contribution in [-0.2, 0) is 0 Å². The van der Waals surface area contributed by atoms with Crippen molar-refractivity contribution in [2.45, 2.75) is 11.8 Å². The third kappa shape index (κ3) is 6.47. The minimum absolute atomic E-state index is 0.0421. The maximum absolute atomic E-state index is 15.3. The summed E-state index contributed by atoms with van der Waals surface area (Å²) in [5.41, 5.74) is 1.53. The largest absolute Gasteiger partial charge is 0.493 e. The summed E-state index contributed by atoms with van der Waals surface area (Å²) >= 11 is 4.40. The van der Waals surface area contributed by atoms with E-state index in [1.807, 2.05) is 30.3 Å². The van der Waals surface area contributed by atoms with E-state index >= 15 is 4.39 Å². The van der Waals surface area contributed by atoms with Gasteiger partial charge in [0.2, 0.25) is 0 Å². The molecule has 8 nitrogen and oxygen atoms in total. The average Bonchev–Trinajstić information content (AvgIpc) is 3.49. The van der Waals surface area contributed by atoms with Crippen molar-refractivity contribution < 1.29 is 23.0 Å². The molecule has 0 fully saturated rings. The molecule has 3 aromatic carbocycles. The highest BCUT2D eigenvalue weighted by Gasteiger charge is 2.21. The predicted octanol–water partition coefficient (Wildman–Crippen LogP) is 7.12. The lowest BCUT2D eigenvalue weighted by Crippen LogP contribution is -2.29. The second kappa shape index (κ2) is 13.3. The van der Waals surface area contributed by atoms with Gasteiger partial charge in [0.25, 0.3) is 11.5 Å². The molecule has 2 aromatic heterocycles. The van der Waals surface area contributed by atoms with E-state index in [1.54, 1.807) is 13.1 Å². The molecule has 5 rings (SSSR count). The van der Waals surface area contributed by atoms with E-state index in [1.165, 1.54) is 59.3 Å². The summed E-state index contributed by atoms with van der Waals surface area (Å²) < 4.78 is 41.3. The van der Waals surface area contributed by atoms with Gasteiger partial charge in [0.1, 0.15) is 17.1 Å². The number of nitrogens with zero attached hydrogens (tertiary/aromatic N) is 1. The number of rotatable bonds is 10. The van der Waals surface area contributed by atoms with Gasteiger partial charge < -0.3 is 25.2 Å². The number of thiol groups is 1. The number of ether oxygens (including phenoxy) is 2. The first-order valence-corrected chi connectivity index (χ1v) is 13.8. The maximum Gasteiger partial charge on any atom is 0.271 e. The van der Waals surface area contributed by atoms with E-state index in [2.05, 4.69) is 22.9 Å². The predicted molar refractivity (Wildman–Crippen MR) is 168 cm³/mol. The summed E-state index contributed by atoms with van der Waals surface area (Å²) in [6.07, 6.45) is 5.53. The van der Waals surface area contributed by atoms with E-state index in [0.717, 1.165) is 28.3 Å². The van der Waals surface area contributed by atoms with Crippen molar-refractivity contribution in [2.75, 3.05) is 11.9 Å². The van der Waals surface area contributed by atoms with Gasteiger partial charge in [-0.25, -0.2) is 8.78 Å². The first kappa shape index (κ1) is 30.1. The fraction of sp³-hybridized carbons (Fsp3) is 0.0606. The lowest BCUT2D eigenvalue weighted by atomic mass is 10.1. The Hall–Kier alpha value is -5.42. The minimum Gasteiger partial charge on any atom is -0.493 e. The van der Waals surface area contributed by atoms with Gasteiger partial charge in [0.15, 0.2) is 17.3 Å². The van der Waals surface area contributed by atoms with Crippen molar-refractivity contribution >= 4 is 36.2 Å². The molecule has 0 radical (unpaired) electrons. The normalized spacial score (nSPS) is 11.2. The molecule has 0 aliphatic carbocycles. The summed E-state index contributed by atoms with van der Waals surface area (Å²) in [5, 5.41) is 10.1. The van der Waals surface area contributed by atoms with Crippen LogP contribution in [0.2, 0.25) is 0 Å². The van der Waals surface area contributed by atoms with E-state index in [0.29, 0.717) is 11.4 Å². The van der Waals surface area contributed by atoms with Crippen LogP contribution in [0, 0.1) is 17.0 Å². The second-order valence-corrected chi connectivity index (χ2v) is 9.87. The Labute approximate surface area is 256 Å². The van der Waals surface area contributed by atoms with Crippen LogP contribution in [0.15, 0.2) is 107 Å². The molecule has 0 saturated heterocycles. The smallest absolute Gasteiger partial charge is 0.271 e. The van der Waals surface area contributed by atoms with Crippen molar-refractivity contribution in [2.24, 2.45) is 0 Å². The molecule has 0 saturated carbocycles. The molecule has 0 aliphatic heterocycles. The van der Waals surface area contributed by atoms with Crippen LogP contribution in [0.1, 0.15) is 23.0 Å². The molecule has 222 valence electrons. The Balaban J connectivity index is 1.41. The number of allylic oxidation sites excluding steroid dienone is 1. The van der Waals surface area contributed by atoms with E-state index in [-0.39, 0.29) is 35.1 Å². The number of hydrogen-bond donors (Lipinski definition) is 4. The highest BCUT2D eigenvalue weighted by atomic mass is 32.1. The van der Waals surface area contributed by atoms with E-state index < -0.39 is 23.1 Å². The lowest BCUT2D eigenvalue weighted by molar-refractivity contribution is 0.102. The molecule has 0 atom stereocenters. The molecule has 2 heterocycles. The van der Waals surface area contributed by atoms with Crippen LogP contribution >= 0.6 is 12.6 Å². The number of benzene rings is 3. The van der Waals surface area contributed by atoms with Crippen molar-refractivity contribution in [3.05, 3.63) is 131 Å². The zero-order valence-corrected chi connectivity index (χ0v) is 24.2. The van der Waals surface area contributed by atoms with Gasteiger partial charge in [-0.3, -0.25) is 14.2 Å². The zero-order chi connectivity index (χ0) is 31.2. The van der Waals surface area contributed by atoms with Crippen molar-refractivity contribution in [3.63, 3.8) is 0 Å². The Kier molecular flexibility index (Phi) is 9.06. The quantitative estimate of drug-likeness (QED) is 0.0765. The molecule has 1 amide bonds. The molecular weight excluding hydrogens is 586 g/mol. The van der Waals surface area contributed by atoms with Crippen LogP contribution < -0.4 is 20.3 Å². The second-order valence-electron chi connectivity index (χ2n) is 9.36. The SMILES string of the molecule is CCOc1ccn(-c2ccc(F)cc2)c(=O)c1C(=O)Nc1ccc(O/C(=C/C=N)c2[nH]ccc2-c2cccc(S)c2)c(F)c1. The number of carbonyl (C=O) groups excluding carboxylic acids is 1. The monoisotopic (exact) mass is 612 g/mol. The molecule has 11 heteroatoms. The summed E-state index contributed by atoms with van der Waals surface area (Å²) in [7, 11) is 0. The number of aromatic nitrogens is 2. The van der Waals surface area contributed by atoms with Crippen LogP contribution in [0.5, 0.6) is 11.5 Å². The molecule has 5 aromatic rings. The third-order valence-corrected chi connectivity index (χ3v) is 6.76. The Bertz CT molecular complexity index is 1930. The van der Waals surface area contributed by atoms with Gasteiger partial charge in [-0.1, -0.05) is 12.1 Å². The highest BCUT2D eigenvalue weighted by molar-refractivity contribution is 7.80. The van der Waals surface area contributed by atoms with E-state index in [9.17, 15) is 14.0 Å². The van der Waals surface area contributed by atoms with Crippen molar-refractivity contribution in [1.29, 1.82) is 5.41 Å². The Morgan fingerprint density at radius 1 is 1.05 bits per heavy atom. The van der Waals surface area contributed by atoms with Crippen LogP contribution in [-0.4, -0.2) is 28.3 Å². The molecule has 0 unspecified atom stereocenters. The number of halogens is 2. The number of carbonyl (C=O) groups is 1. The lowest BCUT2D eigenvalue weighted by Gasteiger charge is -2.15. The van der Waals surface area contributed by atoms with Crippen LogP contribution in [0.3, 0.4) is 0 Å². The highest BCUT2D eigenvalue weighted by Crippen LogP contribution is 2.32. The fourth-order valence-corrected chi connectivity index (χ4v) is 4.74. The van der Waals surface area contributed by atoms with E-state index in [4.69, 9.17) is 14.9 Å². The van der Waals surface area contributed by atoms with Gasteiger partial charge in [0.05, 0.1) is 12.3 Å². The van der Waals surface area contributed by atoms with Gasteiger partial charge in [-0.15, -0.1) is 12.6 Å². The molecular formula is C33H26F2N4O4S. The standard InChI is InChI=1S/C33H26F2N4O4S/c1-2-42-28-14-17-39(23-9-6-21(34)7-10-23)33(41)30(28)32(40)38-22-8-11-27(26(35)19-22)43-29(12-15-36)31-25(13-16-37-31)20-4-3-5-24(44)18-20/h3-19,36-37,44H,2H2,1H3,(H,38,40)/b29-12+,36-15?. The number of anilines is 1. The summed E-state index contributed by atoms with van der Waals surface area (Å²) in [6, 6.07) is 19.7. The maximum atomic E-state index is 15.3. The first-order valence-electron chi connectivity index (χ1n) is 13.4. The van der Waals surface area contributed by atoms with Gasteiger partial charge in [-0.05, 0) is 73.2 Å². The van der Waals surface area contributed by atoms with Crippen LogP contribution in [0.4, 0.5) is 14.5 Å². The van der Waals surface area contributed by atoms with Crippen molar-refractivity contribution in [3.8, 4) is 28.3 Å². The Morgan fingerprint density at radius 2 is 1.84 bits per heavy atom. The number of hydrogen-bond acceptors (Lipinski definition) is 6. The Morgan fingerprint density at radius 3 is 2.55 bits per heavy atom. The third-order valence-electron chi connectivity index (χ3n) is 6.48. The van der Waals surface area contributed by atoms with Gasteiger partial charge in [-0.2, -0.15) is 0 Å². The number of aromatic amines is 1. The average molecular weight is 613 g/mol. The first-order chi connectivity index (χ1) is 21.3. The number of pyridine rings is 1. The molecule has 0 bridgehead atoms. The molecule has 44 heavy (non-hydrogen) atoms. The molecule has 0 spiro atoms.